The summed E-state index contributed by atoms with van der Waals surface area (Å²) in [5.74, 6) is 1.35. The van der Waals surface area contributed by atoms with Crippen LogP contribution in [0.1, 0.15) is 29.3 Å². The first-order valence-corrected chi connectivity index (χ1v) is 6.17. The zero-order valence-electron chi connectivity index (χ0n) is 7.66. The fourth-order valence-electron chi connectivity index (χ4n) is 1.72. The molecule has 0 N–H and O–H groups in total. The van der Waals surface area contributed by atoms with E-state index >= 15 is 0 Å². The number of alkyl halides is 1. The number of nitrogens with zero attached hydrogens (tertiary/aromatic N) is 1. The molecule has 3 heteroatoms. The van der Waals surface area contributed by atoms with Crippen molar-refractivity contribution < 1.29 is 0 Å². The predicted octanol–water partition coefficient (Wildman–Crippen LogP) is 3.91. The third-order valence-electron chi connectivity index (χ3n) is 2.62. The summed E-state index contributed by atoms with van der Waals surface area (Å²) >= 11 is 7.47. The maximum absolute atomic E-state index is 5.76. The Kier molecular flexibility index (Phi) is 1.99. The first kappa shape index (κ1) is 8.69. The summed E-state index contributed by atoms with van der Waals surface area (Å²) in [6.07, 6.45) is 2.71. The molecular weight excluding hydrogens is 214 g/mol. The lowest BCUT2D eigenvalue weighted by Crippen LogP contribution is -1.77. The smallest absolute Gasteiger partial charge is 0.109 e. The van der Waals surface area contributed by atoms with Gasteiger partial charge in [0.25, 0.3) is 0 Å². The monoisotopic (exact) mass is 223 g/mol. The van der Waals surface area contributed by atoms with Gasteiger partial charge in [0.1, 0.15) is 5.01 Å². The van der Waals surface area contributed by atoms with Gasteiger partial charge in [-0.3, -0.25) is 0 Å². The van der Waals surface area contributed by atoms with Crippen molar-refractivity contribution in [3.05, 3.63) is 28.8 Å². The van der Waals surface area contributed by atoms with Crippen LogP contribution in [0.15, 0.2) is 18.2 Å². The molecule has 2 aromatic rings. The number of fused-ring (bicyclic) bond motifs is 1. The van der Waals surface area contributed by atoms with E-state index in [4.69, 9.17) is 11.6 Å². The lowest BCUT2D eigenvalue weighted by Gasteiger charge is -1.95. The second kappa shape index (κ2) is 3.21. The molecule has 1 saturated carbocycles. The fraction of sp³-hybridized carbons (Fsp3) is 0.364. The van der Waals surface area contributed by atoms with Crippen molar-refractivity contribution in [3.63, 3.8) is 0 Å². The lowest BCUT2D eigenvalue weighted by molar-refractivity contribution is 1.14. The maximum Gasteiger partial charge on any atom is 0.109 e. The highest BCUT2D eigenvalue weighted by molar-refractivity contribution is 7.18. The molecule has 1 aliphatic rings. The number of rotatable bonds is 2. The highest BCUT2D eigenvalue weighted by atomic mass is 35.5. The molecule has 0 bridgehead atoms. The van der Waals surface area contributed by atoms with Crippen LogP contribution < -0.4 is 0 Å². The van der Waals surface area contributed by atoms with E-state index in [9.17, 15) is 0 Å². The standard InChI is InChI=1S/C11H10ClNS/c12-6-11-13-9-4-3-8(7-1-2-7)5-10(9)14-11/h3-5,7H,1-2,6H2. The van der Waals surface area contributed by atoms with E-state index < -0.39 is 0 Å². The second-order valence-electron chi connectivity index (χ2n) is 3.74. The van der Waals surface area contributed by atoms with Crippen LogP contribution >= 0.6 is 22.9 Å². The minimum atomic E-state index is 0.526. The first-order valence-electron chi connectivity index (χ1n) is 4.82. The van der Waals surface area contributed by atoms with Crippen LogP contribution in [0.2, 0.25) is 0 Å². The SMILES string of the molecule is ClCc1nc2ccc(C3CC3)cc2s1. The Balaban J connectivity index is 2.12. The van der Waals surface area contributed by atoms with Crippen LogP contribution in [-0.2, 0) is 5.88 Å². The zero-order chi connectivity index (χ0) is 9.54. The molecule has 0 atom stereocenters. The Morgan fingerprint density at radius 1 is 1.43 bits per heavy atom. The summed E-state index contributed by atoms with van der Waals surface area (Å²) in [4.78, 5) is 4.44. The van der Waals surface area contributed by atoms with Crippen LogP contribution in [0.4, 0.5) is 0 Å². The van der Waals surface area contributed by atoms with Gasteiger partial charge in [-0.1, -0.05) is 6.07 Å². The molecule has 0 aliphatic heterocycles. The Labute approximate surface area is 91.7 Å². The third-order valence-corrected chi connectivity index (χ3v) is 4.05. The van der Waals surface area contributed by atoms with Crippen LogP contribution in [0.25, 0.3) is 10.2 Å². The van der Waals surface area contributed by atoms with Gasteiger partial charge in [-0.2, -0.15) is 0 Å². The topological polar surface area (TPSA) is 12.9 Å². The van der Waals surface area contributed by atoms with Crippen LogP contribution in [-0.4, -0.2) is 4.98 Å². The van der Waals surface area contributed by atoms with Crippen LogP contribution in [0.5, 0.6) is 0 Å². The Hall–Kier alpha value is -0.600. The zero-order valence-corrected chi connectivity index (χ0v) is 9.24. The highest BCUT2D eigenvalue weighted by Gasteiger charge is 2.23. The van der Waals surface area contributed by atoms with Gasteiger partial charge in [0.2, 0.25) is 0 Å². The minimum Gasteiger partial charge on any atom is -0.240 e. The van der Waals surface area contributed by atoms with Crippen molar-refractivity contribution in [2.75, 3.05) is 0 Å². The quantitative estimate of drug-likeness (QED) is 0.704. The number of benzene rings is 1. The van der Waals surface area contributed by atoms with Crippen LogP contribution in [0, 0.1) is 0 Å². The molecule has 1 heterocycles. The molecule has 1 aromatic carbocycles. The van der Waals surface area contributed by atoms with Gasteiger partial charge in [-0.15, -0.1) is 22.9 Å². The molecule has 72 valence electrons. The predicted molar refractivity (Wildman–Crippen MR) is 61.2 cm³/mol. The summed E-state index contributed by atoms with van der Waals surface area (Å²) in [6, 6.07) is 6.61. The van der Waals surface area contributed by atoms with E-state index in [0.717, 1.165) is 16.4 Å². The van der Waals surface area contributed by atoms with Gasteiger partial charge in [-0.05, 0) is 36.5 Å². The Bertz CT molecular complexity index is 473. The third kappa shape index (κ3) is 1.43. The van der Waals surface area contributed by atoms with Gasteiger partial charge in [0.15, 0.2) is 0 Å². The van der Waals surface area contributed by atoms with Gasteiger partial charge in [0, 0.05) is 0 Å². The van der Waals surface area contributed by atoms with E-state index in [0.29, 0.717) is 5.88 Å². The number of hydrogen-bond acceptors (Lipinski definition) is 2. The molecule has 0 amide bonds. The van der Waals surface area contributed by atoms with E-state index in [-0.39, 0.29) is 0 Å². The van der Waals surface area contributed by atoms with Crippen molar-refractivity contribution in [2.45, 2.75) is 24.6 Å². The molecular formula is C11H10ClNS. The molecule has 1 aliphatic carbocycles. The minimum absolute atomic E-state index is 0.526. The second-order valence-corrected chi connectivity index (χ2v) is 5.13. The molecule has 3 rings (SSSR count). The summed E-state index contributed by atoms with van der Waals surface area (Å²) in [6.45, 7) is 0. The summed E-state index contributed by atoms with van der Waals surface area (Å²) < 4.78 is 1.28. The molecule has 0 spiro atoms. The average molecular weight is 224 g/mol. The summed E-state index contributed by atoms with van der Waals surface area (Å²) in [7, 11) is 0. The molecule has 1 fully saturated rings. The Morgan fingerprint density at radius 3 is 3.00 bits per heavy atom. The highest BCUT2D eigenvalue weighted by Crippen LogP contribution is 2.41. The van der Waals surface area contributed by atoms with Gasteiger partial charge < -0.3 is 0 Å². The number of halogens is 1. The first-order chi connectivity index (χ1) is 6.86. The van der Waals surface area contributed by atoms with Crippen molar-refractivity contribution in [1.82, 2.24) is 4.98 Å². The van der Waals surface area contributed by atoms with Crippen molar-refractivity contribution in [3.8, 4) is 0 Å². The summed E-state index contributed by atoms with van der Waals surface area (Å²) in [5.41, 5.74) is 2.57. The molecule has 0 unspecified atom stereocenters. The summed E-state index contributed by atoms with van der Waals surface area (Å²) in [5, 5.41) is 1.02. The number of hydrogen-bond donors (Lipinski definition) is 0. The van der Waals surface area contributed by atoms with Gasteiger partial charge in [0.05, 0.1) is 16.1 Å². The van der Waals surface area contributed by atoms with Crippen molar-refractivity contribution >= 4 is 33.2 Å². The molecule has 1 aromatic heterocycles. The molecule has 14 heavy (non-hydrogen) atoms. The van der Waals surface area contributed by atoms with Crippen molar-refractivity contribution in [2.24, 2.45) is 0 Å². The fourth-order valence-corrected chi connectivity index (χ4v) is 2.81. The van der Waals surface area contributed by atoms with E-state index in [2.05, 4.69) is 23.2 Å². The van der Waals surface area contributed by atoms with Gasteiger partial charge >= 0.3 is 0 Å². The Morgan fingerprint density at radius 2 is 2.29 bits per heavy atom. The average Bonchev–Trinajstić information content (AvgIpc) is 2.97. The molecule has 0 radical (unpaired) electrons. The molecule has 1 nitrogen and oxygen atoms in total. The lowest BCUT2D eigenvalue weighted by atomic mass is 10.1. The largest absolute Gasteiger partial charge is 0.240 e. The normalized spacial score (nSPS) is 16.4. The van der Waals surface area contributed by atoms with Crippen LogP contribution in [0.3, 0.4) is 0 Å². The van der Waals surface area contributed by atoms with E-state index in [1.165, 1.54) is 23.1 Å². The maximum atomic E-state index is 5.76. The van der Waals surface area contributed by atoms with Gasteiger partial charge in [-0.25, -0.2) is 4.98 Å². The van der Waals surface area contributed by atoms with E-state index in [1.54, 1.807) is 11.3 Å². The van der Waals surface area contributed by atoms with Crippen molar-refractivity contribution in [1.29, 1.82) is 0 Å². The molecule has 0 saturated heterocycles. The van der Waals surface area contributed by atoms with E-state index in [1.807, 2.05) is 0 Å². The number of thiazole rings is 1. The number of aromatic nitrogens is 1.